The van der Waals surface area contributed by atoms with E-state index in [1.54, 1.807) is 0 Å². The lowest BCUT2D eigenvalue weighted by Crippen LogP contribution is -2.20. The number of aromatic nitrogens is 2. The average molecular weight is 236 g/mol. The zero-order valence-electron chi connectivity index (χ0n) is 10.3. The summed E-state index contributed by atoms with van der Waals surface area (Å²) >= 11 is 0. The number of aliphatic hydroxyl groups excluding tert-OH is 1. The zero-order chi connectivity index (χ0) is 11.8. The van der Waals surface area contributed by atoms with Gasteiger partial charge in [-0.2, -0.15) is 4.98 Å². The third-order valence-electron chi connectivity index (χ3n) is 4.25. The quantitative estimate of drug-likeness (QED) is 0.871. The van der Waals surface area contributed by atoms with E-state index in [1.165, 1.54) is 19.3 Å². The van der Waals surface area contributed by atoms with Gasteiger partial charge in [-0.3, -0.25) is 0 Å². The number of hydrogen-bond donors (Lipinski definition) is 1. The molecule has 0 aromatic carbocycles. The van der Waals surface area contributed by atoms with Gasteiger partial charge in [-0.1, -0.05) is 24.9 Å². The minimum Gasteiger partial charge on any atom is -0.392 e. The Hall–Kier alpha value is -0.900. The van der Waals surface area contributed by atoms with Gasteiger partial charge in [0.05, 0.1) is 12.5 Å². The van der Waals surface area contributed by atoms with Gasteiger partial charge in [-0.05, 0) is 31.1 Å². The molecule has 0 amide bonds. The first-order chi connectivity index (χ1) is 8.24. The molecule has 1 N–H and O–H groups in total. The molecule has 2 fully saturated rings. The second-order valence-electron chi connectivity index (χ2n) is 5.68. The summed E-state index contributed by atoms with van der Waals surface area (Å²) in [7, 11) is 0. The lowest BCUT2D eigenvalue weighted by atomic mass is 9.98. The van der Waals surface area contributed by atoms with E-state index in [2.05, 4.69) is 17.1 Å². The molecular weight excluding hydrogens is 216 g/mol. The van der Waals surface area contributed by atoms with Gasteiger partial charge in [0.1, 0.15) is 0 Å². The molecule has 0 bridgehead atoms. The van der Waals surface area contributed by atoms with E-state index in [1.807, 2.05) is 0 Å². The van der Waals surface area contributed by atoms with Gasteiger partial charge in [-0.15, -0.1) is 0 Å². The molecule has 1 aromatic heterocycles. The van der Waals surface area contributed by atoms with E-state index in [9.17, 15) is 5.11 Å². The summed E-state index contributed by atoms with van der Waals surface area (Å²) in [5.74, 6) is 3.08. The van der Waals surface area contributed by atoms with Gasteiger partial charge >= 0.3 is 0 Å². The van der Waals surface area contributed by atoms with Crippen molar-refractivity contribution in [1.29, 1.82) is 0 Å². The van der Waals surface area contributed by atoms with Crippen LogP contribution in [0.15, 0.2) is 4.52 Å². The Bertz CT molecular complexity index is 385. The van der Waals surface area contributed by atoms with Gasteiger partial charge in [0.2, 0.25) is 5.89 Å². The van der Waals surface area contributed by atoms with Crippen LogP contribution < -0.4 is 0 Å². The Morgan fingerprint density at radius 3 is 2.76 bits per heavy atom. The van der Waals surface area contributed by atoms with Crippen LogP contribution in [0.25, 0.3) is 0 Å². The summed E-state index contributed by atoms with van der Waals surface area (Å²) in [6, 6.07) is 0. The highest BCUT2D eigenvalue weighted by molar-refractivity contribution is 5.07. The van der Waals surface area contributed by atoms with Gasteiger partial charge in [-0.25, -0.2) is 0 Å². The Morgan fingerprint density at radius 1 is 1.41 bits per heavy atom. The predicted molar refractivity (Wildman–Crippen MR) is 62.5 cm³/mol. The molecule has 1 heterocycles. The fourth-order valence-electron chi connectivity index (χ4n) is 2.87. The smallest absolute Gasteiger partial charge is 0.229 e. The van der Waals surface area contributed by atoms with Crippen molar-refractivity contribution in [3.05, 3.63) is 11.7 Å². The van der Waals surface area contributed by atoms with Crippen LogP contribution in [0.1, 0.15) is 56.7 Å². The Kier molecular flexibility index (Phi) is 2.90. The largest absolute Gasteiger partial charge is 0.392 e. The monoisotopic (exact) mass is 236 g/mol. The van der Waals surface area contributed by atoms with Crippen LogP contribution in [-0.4, -0.2) is 21.4 Å². The standard InChI is InChI=1S/C13H20N2O2/c1-8-6-10(8)13-14-12(17-15-13)7-11(16)9-4-2-3-5-9/h8-11,16H,2-7H2,1H3. The summed E-state index contributed by atoms with van der Waals surface area (Å²) in [6.45, 7) is 2.20. The zero-order valence-corrected chi connectivity index (χ0v) is 10.3. The van der Waals surface area contributed by atoms with Gasteiger partial charge in [0, 0.05) is 5.92 Å². The van der Waals surface area contributed by atoms with Crippen molar-refractivity contribution >= 4 is 0 Å². The Balaban J connectivity index is 1.58. The van der Waals surface area contributed by atoms with Crippen molar-refractivity contribution in [3.63, 3.8) is 0 Å². The minimum atomic E-state index is -0.303. The molecule has 0 saturated heterocycles. The van der Waals surface area contributed by atoms with E-state index < -0.39 is 0 Å². The molecule has 2 aliphatic rings. The molecule has 3 atom stereocenters. The van der Waals surface area contributed by atoms with Crippen LogP contribution in [0, 0.1) is 11.8 Å². The first kappa shape index (κ1) is 11.2. The first-order valence-electron chi connectivity index (χ1n) is 6.74. The second-order valence-corrected chi connectivity index (χ2v) is 5.68. The van der Waals surface area contributed by atoms with E-state index in [0.29, 0.717) is 30.1 Å². The molecule has 4 nitrogen and oxygen atoms in total. The van der Waals surface area contributed by atoms with Gasteiger partial charge in [0.25, 0.3) is 0 Å². The van der Waals surface area contributed by atoms with Crippen LogP contribution in [-0.2, 0) is 6.42 Å². The van der Waals surface area contributed by atoms with Gasteiger partial charge in [0.15, 0.2) is 5.82 Å². The molecule has 2 aliphatic carbocycles. The first-order valence-corrected chi connectivity index (χ1v) is 6.74. The summed E-state index contributed by atoms with van der Waals surface area (Å²) < 4.78 is 5.22. The number of aliphatic hydroxyl groups is 1. The van der Waals surface area contributed by atoms with Crippen molar-refractivity contribution in [2.75, 3.05) is 0 Å². The fourth-order valence-corrected chi connectivity index (χ4v) is 2.87. The normalized spacial score (nSPS) is 30.7. The predicted octanol–water partition coefficient (Wildman–Crippen LogP) is 2.29. The van der Waals surface area contributed by atoms with Crippen molar-refractivity contribution in [1.82, 2.24) is 10.1 Å². The highest BCUT2D eigenvalue weighted by Gasteiger charge is 2.38. The molecule has 94 valence electrons. The summed E-state index contributed by atoms with van der Waals surface area (Å²) in [5.41, 5.74) is 0. The maximum Gasteiger partial charge on any atom is 0.229 e. The average Bonchev–Trinajstić information content (AvgIpc) is 2.79. The van der Waals surface area contributed by atoms with E-state index in [4.69, 9.17) is 4.52 Å². The number of rotatable bonds is 4. The highest BCUT2D eigenvalue weighted by Crippen LogP contribution is 2.45. The Labute approximate surface area is 101 Å². The SMILES string of the molecule is CC1CC1c1noc(CC(O)C2CCCC2)n1. The number of nitrogens with zero attached hydrogens (tertiary/aromatic N) is 2. The minimum absolute atomic E-state index is 0.303. The van der Waals surface area contributed by atoms with E-state index in [-0.39, 0.29) is 6.10 Å². The fraction of sp³-hybridized carbons (Fsp3) is 0.846. The van der Waals surface area contributed by atoms with Gasteiger partial charge < -0.3 is 9.63 Å². The molecule has 2 saturated carbocycles. The van der Waals surface area contributed by atoms with Crippen molar-refractivity contribution in [2.24, 2.45) is 11.8 Å². The van der Waals surface area contributed by atoms with Crippen molar-refractivity contribution in [2.45, 2.75) is 57.5 Å². The molecule has 1 aromatic rings. The summed E-state index contributed by atoms with van der Waals surface area (Å²) in [4.78, 5) is 4.40. The highest BCUT2D eigenvalue weighted by atomic mass is 16.5. The molecule has 3 rings (SSSR count). The van der Waals surface area contributed by atoms with E-state index >= 15 is 0 Å². The summed E-state index contributed by atoms with van der Waals surface area (Å²) in [5, 5.41) is 14.1. The molecule has 4 heteroatoms. The molecule has 3 unspecified atom stereocenters. The molecule has 0 aliphatic heterocycles. The van der Waals surface area contributed by atoms with Crippen molar-refractivity contribution in [3.8, 4) is 0 Å². The van der Waals surface area contributed by atoms with Crippen LogP contribution >= 0.6 is 0 Å². The van der Waals surface area contributed by atoms with Crippen LogP contribution in [0.3, 0.4) is 0 Å². The third-order valence-corrected chi connectivity index (χ3v) is 4.25. The molecule has 0 spiro atoms. The maximum absolute atomic E-state index is 10.1. The molecule has 17 heavy (non-hydrogen) atoms. The second kappa shape index (κ2) is 4.41. The van der Waals surface area contributed by atoms with Crippen LogP contribution in [0.4, 0.5) is 0 Å². The number of hydrogen-bond acceptors (Lipinski definition) is 4. The third kappa shape index (κ3) is 2.37. The van der Waals surface area contributed by atoms with Crippen LogP contribution in [0.5, 0.6) is 0 Å². The maximum atomic E-state index is 10.1. The van der Waals surface area contributed by atoms with E-state index in [0.717, 1.165) is 18.7 Å². The Morgan fingerprint density at radius 2 is 2.12 bits per heavy atom. The summed E-state index contributed by atoms with van der Waals surface area (Å²) in [6.07, 6.45) is 6.17. The molecular formula is C13H20N2O2. The van der Waals surface area contributed by atoms with Crippen molar-refractivity contribution < 1.29 is 9.63 Å². The lowest BCUT2D eigenvalue weighted by molar-refractivity contribution is 0.102. The lowest BCUT2D eigenvalue weighted by Gasteiger charge is -2.14. The van der Waals surface area contributed by atoms with Crippen LogP contribution in [0.2, 0.25) is 0 Å². The topological polar surface area (TPSA) is 59.2 Å². The molecule has 0 radical (unpaired) electrons.